The van der Waals surface area contributed by atoms with Crippen LogP contribution in [0, 0.1) is 0 Å². The van der Waals surface area contributed by atoms with Crippen LogP contribution in [0.2, 0.25) is 0 Å². The summed E-state index contributed by atoms with van der Waals surface area (Å²) < 4.78 is 4.99. The van der Waals surface area contributed by atoms with Gasteiger partial charge in [0.1, 0.15) is 5.60 Å². The van der Waals surface area contributed by atoms with Gasteiger partial charge in [0.05, 0.1) is 12.9 Å². The van der Waals surface area contributed by atoms with Gasteiger partial charge in [-0.2, -0.15) is 0 Å². The van der Waals surface area contributed by atoms with Crippen LogP contribution in [-0.4, -0.2) is 23.6 Å². The predicted octanol–water partition coefficient (Wildman–Crippen LogP) is 0.631. The Hall–Kier alpha value is -0.830. The monoisotopic (exact) mass is 156 g/mol. The van der Waals surface area contributed by atoms with Crippen molar-refractivity contribution in [3.05, 3.63) is 11.8 Å². The minimum Gasteiger partial charge on any atom is -0.501 e. The highest BCUT2D eigenvalue weighted by Crippen LogP contribution is 2.22. The number of rotatable bonds is 2. The van der Waals surface area contributed by atoms with E-state index >= 15 is 0 Å². The first-order valence-corrected chi connectivity index (χ1v) is 3.66. The lowest BCUT2D eigenvalue weighted by Gasteiger charge is -2.22. The molecule has 3 heteroatoms. The molecule has 0 amide bonds. The minimum atomic E-state index is -1.33. The number of ether oxygens (including phenoxy) is 1. The molecule has 1 rings (SSSR count). The first-order valence-electron chi connectivity index (χ1n) is 3.66. The molecule has 1 unspecified atom stereocenters. The highest BCUT2D eigenvalue weighted by atomic mass is 16.5. The molecule has 1 heterocycles. The highest BCUT2D eigenvalue weighted by molar-refractivity contribution is 5.67. The van der Waals surface area contributed by atoms with Crippen LogP contribution in [0.5, 0.6) is 0 Å². The molecular weight excluding hydrogens is 144 g/mol. The molecule has 1 aliphatic heterocycles. The van der Waals surface area contributed by atoms with Crippen LogP contribution >= 0.6 is 0 Å². The van der Waals surface area contributed by atoms with Crippen molar-refractivity contribution >= 4 is 6.29 Å². The van der Waals surface area contributed by atoms with Crippen molar-refractivity contribution in [3.63, 3.8) is 0 Å². The van der Waals surface area contributed by atoms with E-state index in [1.54, 1.807) is 0 Å². The number of carbonyl (C=O) groups excluding carboxylic acids is 1. The summed E-state index contributed by atoms with van der Waals surface area (Å²) in [6.45, 7) is 2.15. The van der Waals surface area contributed by atoms with Gasteiger partial charge in [-0.05, 0) is 19.8 Å². The molecule has 0 aliphatic carbocycles. The molecule has 0 saturated carbocycles. The Morgan fingerprint density at radius 1 is 1.82 bits per heavy atom. The van der Waals surface area contributed by atoms with Crippen LogP contribution in [0.15, 0.2) is 11.8 Å². The van der Waals surface area contributed by atoms with E-state index in [9.17, 15) is 9.90 Å². The molecule has 3 nitrogen and oxygen atoms in total. The summed E-state index contributed by atoms with van der Waals surface area (Å²) >= 11 is 0. The minimum absolute atomic E-state index is 0.535. The maximum atomic E-state index is 10.4. The topological polar surface area (TPSA) is 46.5 Å². The zero-order valence-electron chi connectivity index (χ0n) is 6.54. The zero-order valence-corrected chi connectivity index (χ0v) is 6.54. The lowest BCUT2D eigenvalue weighted by atomic mass is 9.94. The Labute approximate surface area is 65.7 Å². The molecule has 0 bridgehead atoms. The molecule has 62 valence electrons. The Bertz CT molecular complexity index is 182. The second-order valence-corrected chi connectivity index (χ2v) is 2.88. The SMILES string of the molecule is CC(O)(C=O)C1=COCCC1. The summed E-state index contributed by atoms with van der Waals surface area (Å²) in [6, 6.07) is 0. The zero-order chi connectivity index (χ0) is 8.32. The number of aliphatic hydroxyl groups is 1. The van der Waals surface area contributed by atoms with Crippen molar-refractivity contribution in [1.82, 2.24) is 0 Å². The van der Waals surface area contributed by atoms with E-state index in [1.165, 1.54) is 13.2 Å². The molecule has 0 aromatic carbocycles. The Kier molecular flexibility index (Phi) is 2.29. The van der Waals surface area contributed by atoms with Gasteiger partial charge in [-0.25, -0.2) is 0 Å². The van der Waals surface area contributed by atoms with Gasteiger partial charge >= 0.3 is 0 Å². The summed E-state index contributed by atoms with van der Waals surface area (Å²) in [5.74, 6) is 0. The van der Waals surface area contributed by atoms with Crippen LogP contribution in [0.3, 0.4) is 0 Å². The van der Waals surface area contributed by atoms with Crippen molar-refractivity contribution < 1.29 is 14.6 Å². The van der Waals surface area contributed by atoms with Crippen molar-refractivity contribution in [2.24, 2.45) is 0 Å². The first-order chi connectivity index (χ1) is 5.17. The fourth-order valence-electron chi connectivity index (χ4n) is 1.01. The fraction of sp³-hybridized carbons (Fsp3) is 0.625. The summed E-state index contributed by atoms with van der Waals surface area (Å²) in [4.78, 5) is 10.4. The third-order valence-corrected chi connectivity index (χ3v) is 1.81. The van der Waals surface area contributed by atoms with Gasteiger partial charge in [-0.15, -0.1) is 0 Å². The molecule has 0 spiro atoms. The maximum Gasteiger partial charge on any atom is 0.155 e. The molecule has 0 aromatic rings. The summed E-state index contributed by atoms with van der Waals surface area (Å²) in [5.41, 5.74) is -0.667. The number of aldehydes is 1. The number of carbonyl (C=O) groups is 1. The second-order valence-electron chi connectivity index (χ2n) is 2.88. The van der Waals surface area contributed by atoms with Gasteiger partial charge in [0.2, 0.25) is 0 Å². The molecule has 0 radical (unpaired) electrons. The van der Waals surface area contributed by atoms with Gasteiger partial charge in [-0.1, -0.05) is 0 Å². The van der Waals surface area contributed by atoms with Crippen LogP contribution in [0.1, 0.15) is 19.8 Å². The lowest BCUT2D eigenvalue weighted by Crippen LogP contribution is -2.30. The highest BCUT2D eigenvalue weighted by Gasteiger charge is 2.26. The van der Waals surface area contributed by atoms with E-state index in [0.29, 0.717) is 18.5 Å². The van der Waals surface area contributed by atoms with Gasteiger partial charge < -0.3 is 9.84 Å². The van der Waals surface area contributed by atoms with E-state index in [2.05, 4.69) is 0 Å². The Morgan fingerprint density at radius 3 is 3.00 bits per heavy atom. The van der Waals surface area contributed by atoms with Crippen LogP contribution in [-0.2, 0) is 9.53 Å². The molecule has 1 atom stereocenters. The normalized spacial score (nSPS) is 22.9. The molecule has 0 saturated heterocycles. The summed E-state index contributed by atoms with van der Waals surface area (Å²) in [6.07, 6.45) is 3.63. The lowest BCUT2D eigenvalue weighted by molar-refractivity contribution is -0.119. The van der Waals surface area contributed by atoms with Crippen LogP contribution in [0.25, 0.3) is 0 Å². The van der Waals surface area contributed by atoms with Gasteiger partial charge in [0.25, 0.3) is 0 Å². The Morgan fingerprint density at radius 2 is 2.55 bits per heavy atom. The van der Waals surface area contributed by atoms with Crippen molar-refractivity contribution in [1.29, 1.82) is 0 Å². The third-order valence-electron chi connectivity index (χ3n) is 1.81. The quantitative estimate of drug-likeness (QED) is 0.596. The van der Waals surface area contributed by atoms with Gasteiger partial charge in [0, 0.05) is 5.57 Å². The predicted molar refractivity (Wildman–Crippen MR) is 40.0 cm³/mol. The summed E-state index contributed by atoms with van der Waals surface area (Å²) in [5, 5.41) is 9.43. The van der Waals surface area contributed by atoms with E-state index in [4.69, 9.17) is 4.74 Å². The van der Waals surface area contributed by atoms with Crippen molar-refractivity contribution in [2.45, 2.75) is 25.4 Å². The van der Waals surface area contributed by atoms with E-state index in [0.717, 1.165) is 12.8 Å². The average molecular weight is 156 g/mol. The fourth-order valence-corrected chi connectivity index (χ4v) is 1.01. The van der Waals surface area contributed by atoms with Crippen molar-refractivity contribution in [3.8, 4) is 0 Å². The largest absolute Gasteiger partial charge is 0.501 e. The average Bonchev–Trinajstić information content (AvgIpc) is 2.06. The van der Waals surface area contributed by atoms with Crippen LogP contribution < -0.4 is 0 Å². The summed E-state index contributed by atoms with van der Waals surface area (Å²) in [7, 11) is 0. The molecule has 1 aliphatic rings. The smallest absolute Gasteiger partial charge is 0.155 e. The second kappa shape index (κ2) is 3.05. The first kappa shape index (κ1) is 8.27. The number of hydrogen-bond acceptors (Lipinski definition) is 3. The van der Waals surface area contributed by atoms with Crippen LogP contribution in [0.4, 0.5) is 0 Å². The molecule has 11 heavy (non-hydrogen) atoms. The van der Waals surface area contributed by atoms with Gasteiger partial charge in [0.15, 0.2) is 6.29 Å². The standard InChI is InChI=1S/C8H12O3/c1-8(10,6-9)7-3-2-4-11-5-7/h5-6,10H,2-4H2,1H3. The van der Waals surface area contributed by atoms with E-state index in [1.807, 2.05) is 0 Å². The molecule has 0 aromatic heterocycles. The molecule has 1 N–H and O–H groups in total. The van der Waals surface area contributed by atoms with E-state index < -0.39 is 5.60 Å². The van der Waals surface area contributed by atoms with Gasteiger partial charge in [-0.3, -0.25) is 4.79 Å². The molecular formula is C8H12O3. The van der Waals surface area contributed by atoms with Crippen molar-refractivity contribution in [2.75, 3.05) is 6.61 Å². The van der Waals surface area contributed by atoms with E-state index in [-0.39, 0.29) is 0 Å². The maximum absolute atomic E-state index is 10.4. The number of hydrogen-bond donors (Lipinski definition) is 1. The Balaban J connectivity index is 2.71. The third kappa shape index (κ3) is 1.80. The molecule has 0 fully saturated rings.